The SMILES string of the molecule is CC(C)CC(NC(=O)C(CCCC[NH3+])NC(=O)C(C)NC(=O)CNC(=O)CNC(=O)C(CCCC[NH3+])NC(=O)C(CS)NC(=O)c1ccc(CCS[C@@H]2O[C@H](CO)[C@@H](O)[C@H](O)[C@H]2O)cc1)C(=O)O. The van der Waals surface area contributed by atoms with Crippen molar-refractivity contribution in [2.24, 2.45) is 5.92 Å². The van der Waals surface area contributed by atoms with Gasteiger partial charge in [-0.2, -0.15) is 12.6 Å². The molecule has 1 aromatic carbocycles. The first-order valence-corrected chi connectivity index (χ1v) is 24.4. The lowest BCUT2D eigenvalue weighted by Crippen LogP contribution is -2.57. The van der Waals surface area contributed by atoms with E-state index in [9.17, 15) is 63.9 Å². The highest BCUT2D eigenvalue weighted by Gasteiger charge is 2.43. The van der Waals surface area contributed by atoms with Crippen LogP contribution in [0.3, 0.4) is 0 Å². The third-order valence-corrected chi connectivity index (χ3v) is 12.3. The summed E-state index contributed by atoms with van der Waals surface area (Å²) in [5, 5.41) is 66.7. The van der Waals surface area contributed by atoms with Gasteiger partial charge in [0.2, 0.25) is 35.4 Å². The number of quaternary nitrogens is 2. The van der Waals surface area contributed by atoms with Crippen LogP contribution in [0.5, 0.6) is 0 Å². The van der Waals surface area contributed by atoms with Gasteiger partial charge in [0.25, 0.3) is 5.91 Å². The van der Waals surface area contributed by atoms with Crippen LogP contribution in [0.2, 0.25) is 0 Å². The third-order valence-electron chi connectivity index (χ3n) is 10.8. The van der Waals surface area contributed by atoms with Gasteiger partial charge in [-0.25, -0.2) is 4.79 Å². The van der Waals surface area contributed by atoms with Crippen LogP contribution in [-0.2, 0) is 44.7 Å². The van der Waals surface area contributed by atoms with E-state index in [0.717, 1.165) is 5.56 Å². The maximum Gasteiger partial charge on any atom is 0.326 e. The molecule has 384 valence electrons. The van der Waals surface area contributed by atoms with E-state index >= 15 is 0 Å². The number of amides is 7. The topological polar surface area (TPSA) is 386 Å². The number of aliphatic hydroxyl groups excluding tert-OH is 4. The molecule has 0 aromatic heterocycles. The number of carboxylic acid groups (broad SMARTS) is 1. The number of benzene rings is 1. The molecule has 1 saturated heterocycles. The van der Waals surface area contributed by atoms with Crippen molar-refractivity contribution in [1.29, 1.82) is 0 Å². The average Bonchev–Trinajstić information content (AvgIpc) is 3.30. The van der Waals surface area contributed by atoms with Crippen LogP contribution in [0.4, 0.5) is 0 Å². The summed E-state index contributed by atoms with van der Waals surface area (Å²) in [7, 11) is 0. The number of aliphatic carboxylic acids is 1. The van der Waals surface area contributed by atoms with Crippen molar-refractivity contribution in [1.82, 2.24) is 37.2 Å². The predicted octanol–water partition coefficient (Wildman–Crippen LogP) is -5.06. The molecule has 25 heteroatoms. The molecule has 2 rings (SSSR count). The minimum atomic E-state index is -1.47. The van der Waals surface area contributed by atoms with Crippen molar-refractivity contribution in [3.8, 4) is 0 Å². The number of unbranched alkanes of at least 4 members (excludes halogenated alkanes) is 2. The lowest BCUT2D eigenvalue weighted by atomic mass is 10.0. The zero-order chi connectivity index (χ0) is 50.9. The first-order chi connectivity index (χ1) is 32.3. The number of aliphatic hydroxyl groups is 4. The molecule has 18 N–H and O–H groups in total. The third kappa shape index (κ3) is 21.0. The minimum Gasteiger partial charge on any atom is -0.480 e. The second-order valence-electron chi connectivity index (χ2n) is 16.9. The number of aryl methyl sites for hydroxylation is 1. The summed E-state index contributed by atoms with van der Waals surface area (Å²) >= 11 is 5.42. The Kier molecular flexibility index (Phi) is 27.6. The van der Waals surface area contributed by atoms with Crippen molar-refractivity contribution >= 4 is 71.7 Å². The molecule has 23 nitrogen and oxygen atoms in total. The Morgan fingerprint density at radius 3 is 1.81 bits per heavy atom. The van der Waals surface area contributed by atoms with Gasteiger partial charge in [-0.15, -0.1) is 11.8 Å². The number of hydrogen-bond donors (Lipinski definition) is 15. The molecule has 5 unspecified atom stereocenters. The summed E-state index contributed by atoms with van der Waals surface area (Å²) in [6.07, 6.45) is -1.94. The number of carbonyl (C=O) groups is 8. The normalized spacial score (nSPS) is 20.1. The zero-order valence-corrected chi connectivity index (χ0v) is 40.7. The molecule has 0 radical (unpaired) electrons. The van der Waals surface area contributed by atoms with Crippen LogP contribution < -0.4 is 48.7 Å². The van der Waals surface area contributed by atoms with Crippen molar-refractivity contribution in [2.45, 2.75) is 132 Å². The average molecular weight is 1000 g/mol. The Bertz CT molecular complexity index is 1800. The van der Waals surface area contributed by atoms with Gasteiger partial charge in [0.05, 0.1) is 32.8 Å². The van der Waals surface area contributed by atoms with Crippen LogP contribution in [0.25, 0.3) is 0 Å². The molecular weight excluding hydrogens is 931 g/mol. The summed E-state index contributed by atoms with van der Waals surface area (Å²) in [5.74, 6) is -5.83. The number of carbonyl (C=O) groups excluding carboxylic acids is 7. The molecular formula is C43H73N9O14S2+2. The Hall–Kier alpha value is -4.60. The number of rotatable bonds is 31. The first kappa shape index (κ1) is 59.5. The number of nitrogens with one attached hydrogen (secondary N) is 7. The van der Waals surface area contributed by atoms with Crippen molar-refractivity contribution < 1.29 is 80.1 Å². The number of ether oxygens (including phenoxy) is 1. The summed E-state index contributed by atoms with van der Waals surface area (Å²) in [4.78, 5) is 103. The van der Waals surface area contributed by atoms with Gasteiger partial charge < -0.3 is 79.0 Å². The molecule has 1 aliphatic rings. The molecule has 0 aliphatic carbocycles. The van der Waals surface area contributed by atoms with E-state index in [4.69, 9.17) is 4.74 Å². The monoisotopic (exact) mass is 1000 g/mol. The van der Waals surface area contributed by atoms with E-state index in [1.54, 1.807) is 24.3 Å². The van der Waals surface area contributed by atoms with Gasteiger partial charge in [0.15, 0.2) is 0 Å². The lowest BCUT2D eigenvalue weighted by molar-refractivity contribution is -0.368. The largest absolute Gasteiger partial charge is 0.480 e. The Morgan fingerprint density at radius 1 is 0.691 bits per heavy atom. The van der Waals surface area contributed by atoms with Crippen LogP contribution in [-0.4, -0.2) is 177 Å². The molecule has 10 atom stereocenters. The standard InChI is InChI=1S/C43H71N9O14S2/c1-23(2)18-29(42(64)65)51-40(62)28(9-5-7-16-45)49-37(59)24(3)48-33(55)20-46-32(54)19-47-39(61)27(8-4-6-15-44)50-41(63)30(22-67)52-38(60)26-12-10-25(11-13-26)14-17-68-43-36(58)35(57)34(56)31(21-53)66-43/h10-13,23-24,27-31,34-36,43,53,56-58,67H,4-9,14-22,44-45H2,1-3H3,(H,46,54)(H,47,61)(H,48,55)(H,49,59)(H,50,63)(H,51,62)(H,52,60)(H,64,65)/p+2/t24?,27?,28?,29?,30?,31-,34-,35+,36-,43+/m1/s1. The second kappa shape index (κ2) is 31.5. The summed E-state index contributed by atoms with van der Waals surface area (Å²) < 4.78 is 5.52. The zero-order valence-electron chi connectivity index (χ0n) is 38.9. The van der Waals surface area contributed by atoms with Crippen LogP contribution in [0.1, 0.15) is 81.6 Å². The number of thioether (sulfide) groups is 1. The molecule has 0 spiro atoms. The molecule has 1 aromatic rings. The summed E-state index contributed by atoms with van der Waals surface area (Å²) in [6, 6.07) is 0.858. The predicted molar refractivity (Wildman–Crippen MR) is 251 cm³/mol. The maximum absolute atomic E-state index is 13.4. The van der Waals surface area contributed by atoms with Gasteiger partial charge >= 0.3 is 5.97 Å². The van der Waals surface area contributed by atoms with Crippen molar-refractivity contribution in [3.63, 3.8) is 0 Å². The number of thiol groups is 1. The quantitative estimate of drug-likeness (QED) is 0.0245. The van der Waals surface area contributed by atoms with E-state index in [2.05, 4.69) is 61.3 Å². The lowest BCUT2D eigenvalue weighted by Gasteiger charge is -2.39. The van der Waals surface area contributed by atoms with Gasteiger partial charge in [-0.05, 0) is 87.7 Å². The number of hydrogen-bond acceptors (Lipinski definition) is 15. The molecule has 0 bridgehead atoms. The van der Waals surface area contributed by atoms with Gasteiger partial charge in [-0.1, -0.05) is 26.0 Å². The summed E-state index contributed by atoms with van der Waals surface area (Å²) in [6.45, 7) is 4.47. The molecule has 1 aliphatic heterocycles. The summed E-state index contributed by atoms with van der Waals surface area (Å²) in [5.41, 5.74) is 7.74. The van der Waals surface area contributed by atoms with Crippen LogP contribution >= 0.6 is 24.4 Å². The molecule has 1 heterocycles. The Labute approximate surface area is 405 Å². The van der Waals surface area contributed by atoms with E-state index < -0.39 is 127 Å². The maximum atomic E-state index is 13.4. The molecule has 1 fully saturated rings. The highest BCUT2D eigenvalue weighted by Crippen LogP contribution is 2.29. The smallest absolute Gasteiger partial charge is 0.326 e. The van der Waals surface area contributed by atoms with Gasteiger partial charge in [0.1, 0.15) is 60.1 Å². The van der Waals surface area contributed by atoms with Crippen LogP contribution in [0.15, 0.2) is 24.3 Å². The van der Waals surface area contributed by atoms with Crippen molar-refractivity contribution in [3.05, 3.63) is 35.4 Å². The Balaban J connectivity index is 1.90. The van der Waals surface area contributed by atoms with E-state index in [0.29, 0.717) is 50.9 Å². The fraction of sp³-hybridized carbons (Fsp3) is 0.674. The van der Waals surface area contributed by atoms with E-state index in [1.807, 2.05) is 13.8 Å². The molecule has 0 saturated carbocycles. The van der Waals surface area contributed by atoms with Crippen molar-refractivity contribution in [2.75, 3.05) is 44.3 Å². The fourth-order valence-electron chi connectivity index (χ4n) is 6.77. The fourth-order valence-corrected chi connectivity index (χ4v) is 8.19. The molecule has 7 amide bonds. The second-order valence-corrected chi connectivity index (χ2v) is 18.4. The van der Waals surface area contributed by atoms with Gasteiger partial charge in [-0.3, -0.25) is 33.6 Å². The Morgan fingerprint density at radius 2 is 1.25 bits per heavy atom. The molecule has 68 heavy (non-hydrogen) atoms. The van der Waals surface area contributed by atoms with Crippen LogP contribution in [0, 0.1) is 5.92 Å². The van der Waals surface area contributed by atoms with E-state index in [1.165, 1.54) is 18.7 Å². The highest BCUT2D eigenvalue weighted by atomic mass is 32.2. The van der Waals surface area contributed by atoms with Gasteiger partial charge in [0, 0.05) is 11.3 Å². The first-order valence-electron chi connectivity index (χ1n) is 22.8. The van der Waals surface area contributed by atoms with E-state index in [-0.39, 0.29) is 36.5 Å². The number of carboxylic acids is 1. The minimum absolute atomic E-state index is 0.0241. The highest BCUT2D eigenvalue weighted by molar-refractivity contribution is 7.99.